The quantitative estimate of drug-likeness (QED) is 0.461. The third-order valence-corrected chi connectivity index (χ3v) is 2.20. The molecule has 0 unspecified atom stereocenters. The van der Waals surface area contributed by atoms with Crippen LogP contribution in [0.2, 0.25) is 0 Å². The number of anilines is 1. The van der Waals surface area contributed by atoms with Gasteiger partial charge in [0.05, 0.1) is 13.2 Å². The lowest BCUT2D eigenvalue weighted by atomic mass is 10.2. The Bertz CT molecular complexity index is 564. The van der Waals surface area contributed by atoms with Gasteiger partial charge in [-0.15, -0.1) is 0 Å². The predicted molar refractivity (Wildman–Crippen MR) is 52.7 cm³/mol. The molecule has 0 bridgehead atoms. The smallest absolute Gasteiger partial charge is 0.340 e. The Morgan fingerprint density at radius 1 is 1.53 bits per heavy atom. The number of hydrogen-bond donors (Lipinski definition) is 2. The maximum Gasteiger partial charge on any atom is 0.340 e. The largest absolute Gasteiger partial charge is 1.00 e. The standard InChI is InChI=1S/C9H10N4O.ClH/c1-5-3-4-13(2)7-6(5)8(14)12-9(10)11-7;/h3-4H,1-2H3,(H2,10,12,14);1H. The van der Waals surface area contributed by atoms with Crippen LogP contribution >= 0.6 is 0 Å². The lowest BCUT2D eigenvalue weighted by molar-refractivity contribution is -0.646. The molecule has 2 rings (SSSR count). The number of nitrogens with two attached hydrogens (primary N) is 1. The van der Waals surface area contributed by atoms with E-state index in [1.807, 2.05) is 26.2 Å². The average Bonchev–Trinajstić information content (AvgIpc) is 2.10. The Morgan fingerprint density at radius 2 is 2.20 bits per heavy atom. The van der Waals surface area contributed by atoms with Crippen LogP contribution in [-0.2, 0) is 7.05 Å². The highest BCUT2D eigenvalue weighted by molar-refractivity contribution is 5.75. The summed E-state index contributed by atoms with van der Waals surface area (Å²) in [6, 6.07) is 1.87. The highest BCUT2D eigenvalue weighted by Gasteiger charge is 2.14. The third-order valence-electron chi connectivity index (χ3n) is 2.20. The summed E-state index contributed by atoms with van der Waals surface area (Å²) in [5.74, 6) is 0.142. The molecule has 0 saturated heterocycles. The SMILES string of the molecule is Cc1cc[n+](C)c2nc(N)[nH]c(=O)c12.[Cl-]. The summed E-state index contributed by atoms with van der Waals surface area (Å²) in [4.78, 5) is 18.1. The molecule has 3 N–H and O–H groups in total. The van der Waals surface area contributed by atoms with Crippen molar-refractivity contribution in [2.24, 2.45) is 7.05 Å². The van der Waals surface area contributed by atoms with Crippen LogP contribution in [0, 0.1) is 6.92 Å². The molecule has 0 aromatic carbocycles. The molecule has 0 aliphatic rings. The Balaban J connectivity index is 0.00000112. The monoisotopic (exact) mass is 226 g/mol. The number of hydrogen-bond acceptors (Lipinski definition) is 3. The fourth-order valence-corrected chi connectivity index (χ4v) is 1.47. The van der Waals surface area contributed by atoms with Gasteiger partial charge in [-0.2, -0.15) is 0 Å². The topological polar surface area (TPSA) is 75.7 Å². The first-order chi connectivity index (χ1) is 6.59. The molecule has 0 radical (unpaired) electrons. The Kier molecular flexibility index (Phi) is 2.95. The second-order valence-corrected chi connectivity index (χ2v) is 3.26. The molecule has 0 aliphatic heterocycles. The molecular weight excluding hydrogens is 216 g/mol. The number of nitrogen functional groups attached to an aromatic ring is 1. The van der Waals surface area contributed by atoms with Gasteiger partial charge in [0.2, 0.25) is 0 Å². The van der Waals surface area contributed by atoms with Crippen LogP contribution in [0.5, 0.6) is 0 Å². The van der Waals surface area contributed by atoms with Crippen LogP contribution in [0.4, 0.5) is 5.95 Å². The Morgan fingerprint density at radius 3 is 2.87 bits per heavy atom. The van der Waals surface area contributed by atoms with Crippen molar-refractivity contribution in [2.45, 2.75) is 6.92 Å². The minimum Gasteiger partial charge on any atom is -1.00 e. The van der Waals surface area contributed by atoms with Crippen LogP contribution in [0.15, 0.2) is 17.1 Å². The number of rotatable bonds is 0. The molecule has 2 aromatic heterocycles. The molecule has 80 valence electrons. The number of pyridine rings is 1. The maximum atomic E-state index is 11.6. The summed E-state index contributed by atoms with van der Waals surface area (Å²) in [6.45, 7) is 1.87. The van der Waals surface area contributed by atoms with Crippen LogP contribution in [0.25, 0.3) is 11.0 Å². The van der Waals surface area contributed by atoms with Gasteiger partial charge in [0.25, 0.3) is 5.56 Å². The molecule has 0 spiro atoms. The second kappa shape index (κ2) is 3.86. The third kappa shape index (κ3) is 1.78. The molecule has 0 fully saturated rings. The van der Waals surface area contributed by atoms with E-state index in [1.165, 1.54) is 0 Å². The lowest BCUT2D eigenvalue weighted by Crippen LogP contribution is -3.00. The molecule has 2 heterocycles. The first kappa shape index (κ1) is 11.5. The molecule has 5 nitrogen and oxygen atoms in total. The summed E-state index contributed by atoms with van der Waals surface area (Å²) >= 11 is 0. The van der Waals surface area contributed by atoms with E-state index in [0.29, 0.717) is 11.0 Å². The predicted octanol–water partition coefficient (Wildman–Crippen LogP) is -3.36. The lowest BCUT2D eigenvalue weighted by Gasteiger charge is -1.98. The number of nitrogens with zero attached hydrogens (tertiary/aromatic N) is 2. The summed E-state index contributed by atoms with van der Waals surface area (Å²) in [7, 11) is 1.83. The summed E-state index contributed by atoms with van der Waals surface area (Å²) in [5, 5.41) is 0.587. The number of aromatic amines is 1. The molecule has 0 amide bonds. The highest BCUT2D eigenvalue weighted by Crippen LogP contribution is 2.07. The zero-order valence-electron chi connectivity index (χ0n) is 8.41. The number of halogens is 1. The first-order valence-electron chi connectivity index (χ1n) is 4.24. The first-order valence-corrected chi connectivity index (χ1v) is 4.24. The van der Waals surface area contributed by atoms with Gasteiger partial charge in [0.1, 0.15) is 5.39 Å². The summed E-state index contributed by atoms with van der Waals surface area (Å²) in [6.07, 6.45) is 1.85. The van der Waals surface area contributed by atoms with Crippen LogP contribution < -0.4 is 28.3 Å². The van der Waals surface area contributed by atoms with E-state index in [9.17, 15) is 4.79 Å². The second-order valence-electron chi connectivity index (χ2n) is 3.26. The van der Waals surface area contributed by atoms with E-state index in [0.717, 1.165) is 5.56 Å². The van der Waals surface area contributed by atoms with Crippen LogP contribution in [-0.4, -0.2) is 9.97 Å². The molecule has 15 heavy (non-hydrogen) atoms. The van der Waals surface area contributed by atoms with Crippen molar-refractivity contribution in [1.82, 2.24) is 9.97 Å². The zero-order valence-corrected chi connectivity index (χ0v) is 9.17. The van der Waals surface area contributed by atoms with Gasteiger partial charge >= 0.3 is 11.6 Å². The summed E-state index contributed by atoms with van der Waals surface area (Å²) < 4.78 is 1.77. The van der Waals surface area contributed by atoms with Crippen LogP contribution in [0.3, 0.4) is 0 Å². The van der Waals surface area contributed by atoms with E-state index >= 15 is 0 Å². The fraction of sp³-hybridized carbons (Fsp3) is 0.222. The number of H-pyrrole nitrogens is 1. The number of aryl methyl sites for hydroxylation is 2. The van der Waals surface area contributed by atoms with Crippen molar-refractivity contribution < 1.29 is 17.0 Å². The average molecular weight is 227 g/mol. The van der Waals surface area contributed by atoms with Crippen molar-refractivity contribution in [3.63, 3.8) is 0 Å². The number of aromatic nitrogens is 3. The normalized spacial score (nSPS) is 10.0. The molecule has 2 aromatic rings. The van der Waals surface area contributed by atoms with Crippen LogP contribution in [0.1, 0.15) is 5.56 Å². The van der Waals surface area contributed by atoms with Gasteiger partial charge in [-0.05, 0) is 23.5 Å². The van der Waals surface area contributed by atoms with Gasteiger partial charge in [-0.3, -0.25) is 9.78 Å². The van der Waals surface area contributed by atoms with Gasteiger partial charge in [-0.1, -0.05) is 0 Å². The molecule has 6 heteroatoms. The molecular formula is C9H11ClN4O. The number of fused-ring (bicyclic) bond motifs is 1. The van der Waals surface area contributed by atoms with E-state index in [4.69, 9.17) is 5.73 Å². The summed E-state index contributed by atoms with van der Waals surface area (Å²) in [5.41, 5.74) is 6.77. The van der Waals surface area contributed by atoms with Crippen molar-refractivity contribution in [2.75, 3.05) is 5.73 Å². The Labute approximate surface area is 92.4 Å². The van der Waals surface area contributed by atoms with Crippen molar-refractivity contribution in [3.8, 4) is 0 Å². The maximum absolute atomic E-state index is 11.6. The van der Waals surface area contributed by atoms with Gasteiger partial charge in [-0.25, -0.2) is 4.57 Å². The van der Waals surface area contributed by atoms with Gasteiger partial charge < -0.3 is 18.1 Å². The van der Waals surface area contributed by atoms with Gasteiger partial charge in [0.15, 0.2) is 0 Å². The van der Waals surface area contributed by atoms with Crippen molar-refractivity contribution in [3.05, 3.63) is 28.2 Å². The number of nitrogens with one attached hydrogen (secondary N) is 1. The van der Waals surface area contributed by atoms with Crippen molar-refractivity contribution >= 4 is 17.0 Å². The van der Waals surface area contributed by atoms with Crippen molar-refractivity contribution in [1.29, 1.82) is 0 Å². The molecule has 0 atom stereocenters. The minimum atomic E-state index is -0.193. The minimum absolute atomic E-state index is 0. The van der Waals surface area contributed by atoms with E-state index in [1.54, 1.807) is 4.57 Å². The Hall–Kier alpha value is -1.62. The van der Waals surface area contributed by atoms with Gasteiger partial charge in [0, 0.05) is 0 Å². The van der Waals surface area contributed by atoms with E-state index < -0.39 is 0 Å². The van der Waals surface area contributed by atoms with E-state index in [-0.39, 0.29) is 23.9 Å². The molecule has 0 saturated carbocycles. The molecule has 0 aliphatic carbocycles. The highest BCUT2D eigenvalue weighted by atomic mass is 35.5. The van der Waals surface area contributed by atoms with E-state index in [2.05, 4.69) is 9.97 Å². The zero-order chi connectivity index (χ0) is 10.3. The fourth-order valence-electron chi connectivity index (χ4n) is 1.47.